The Morgan fingerprint density at radius 3 is 2.69 bits per heavy atom. The van der Waals surface area contributed by atoms with E-state index in [1.54, 1.807) is 11.3 Å². The number of hydrogen-bond donors (Lipinski definition) is 1. The quantitative estimate of drug-likeness (QED) is 0.794. The van der Waals surface area contributed by atoms with Crippen LogP contribution in [0.2, 0.25) is 0 Å². The van der Waals surface area contributed by atoms with Crippen LogP contribution < -0.4 is 10.6 Å². The van der Waals surface area contributed by atoms with Crippen molar-refractivity contribution in [3.05, 3.63) is 11.1 Å². The number of anilines is 1. The van der Waals surface area contributed by atoms with Crippen LogP contribution in [0.1, 0.15) is 5.69 Å². The molecule has 1 fully saturated rings. The topological polar surface area (TPSA) is 62.5 Å². The van der Waals surface area contributed by atoms with Gasteiger partial charge < -0.3 is 15.5 Å². The molecule has 1 amide bonds. The fourth-order valence-electron chi connectivity index (χ4n) is 1.76. The van der Waals surface area contributed by atoms with Crippen molar-refractivity contribution in [1.29, 1.82) is 0 Å². The van der Waals surface area contributed by atoms with Gasteiger partial charge in [0.15, 0.2) is 5.13 Å². The van der Waals surface area contributed by atoms with E-state index in [4.69, 9.17) is 5.73 Å². The molecule has 2 rings (SSSR count). The SMILES string of the molecule is Cc1csc(N2CCN(C(=O)CN)CC2)n1. The Hall–Kier alpha value is -1.14. The summed E-state index contributed by atoms with van der Waals surface area (Å²) in [6.07, 6.45) is 0. The van der Waals surface area contributed by atoms with E-state index in [9.17, 15) is 4.79 Å². The summed E-state index contributed by atoms with van der Waals surface area (Å²) in [5.41, 5.74) is 6.39. The van der Waals surface area contributed by atoms with E-state index < -0.39 is 0 Å². The number of thiazole rings is 1. The predicted molar refractivity (Wildman–Crippen MR) is 64.7 cm³/mol. The number of amides is 1. The Labute approximate surface area is 98.9 Å². The number of aromatic nitrogens is 1. The van der Waals surface area contributed by atoms with E-state index in [1.807, 2.05) is 17.2 Å². The fourth-order valence-corrected chi connectivity index (χ4v) is 2.62. The molecule has 0 radical (unpaired) electrons. The highest BCUT2D eigenvalue weighted by Gasteiger charge is 2.21. The van der Waals surface area contributed by atoms with E-state index in [2.05, 4.69) is 9.88 Å². The summed E-state index contributed by atoms with van der Waals surface area (Å²) >= 11 is 1.66. The first-order chi connectivity index (χ1) is 7.70. The third-order valence-corrected chi connectivity index (χ3v) is 3.70. The lowest BCUT2D eigenvalue weighted by Gasteiger charge is -2.34. The molecule has 2 N–H and O–H groups in total. The molecule has 1 aromatic heterocycles. The second-order valence-electron chi connectivity index (χ2n) is 3.84. The third-order valence-electron chi connectivity index (χ3n) is 2.68. The van der Waals surface area contributed by atoms with E-state index in [0.717, 1.165) is 37.0 Å². The minimum atomic E-state index is 0.0370. The maximum Gasteiger partial charge on any atom is 0.236 e. The first-order valence-electron chi connectivity index (χ1n) is 5.35. The van der Waals surface area contributed by atoms with Crippen LogP contribution in [0.25, 0.3) is 0 Å². The van der Waals surface area contributed by atoms with Crippen LogP contribution in [0.15, 0.2) is 5.38 Å². The molecule has 0 spiro atoms. The average molecular weight is 240 g/mol. The van der Waals surface area contributed by atoms with Gasteiger partial charge in [-0.25, -0.2) is 4.98 Å². The molecule has 6 heteroatoms. The number of carbonyl (C=O) groups excluding carboxylic acids is 1. The van der Waals surface area contributed by atoms with Gasteiger partial charge in [-0.3, -0.25) is 4.79 Å². The van der Waals surface area contributed by atoms with Crippen molar-refractivity contribution >= 4 is 22.4 Å². The minimum absolute atomic E-state index is 0.0370. The lowest BCUT2D eigenvalue weighted by Crippen LogP contribution is -2.50. The van der Waals surface area contributed by atoms with E-state index in [-0.39, 0.29) is 12.5 Å². The second kappa shape index (κ2) is 4.80. The predicted octanol–water partition coefficient (Wildman–Crippen LogP) is 0.0588. The number of hydrogen-bond acceptors (Lipinski definition) is 5. The Kier molecular flexibility index (Phi) is 3.40. The van der Waals surface area contributed by atoms with Crippen molar-refractivity contribution in [1.82, 2.24) is 9.88 Å². The maximum atomic E-state index is 11.4. The Bertz CT molecular complexity index is 371. The molecule has 16 heavy (non-hydrogen) atoms. The third kappa shape index (κ3) is 2.33. The summed E-state index contributed by atoms with van der Waals surface area (Å²) in [5, 5.41) is 3.10. The number of rotatable bonds is 2. The number of piperazine rings is 1. The number of carbonyl (C=O) groups is 1. The highest BCUT2D eigenvalue weighted by molar-refractivity contribution is 7.13. The smallest absolute Gasteiger partial charge is 0.236 e. The van der Waals surface area contributed by atoms with Gasteiger partial charge >= 0.3 is 0 Å². The Morgan fingerprint density at radius 1 is 1.50 bits per heavy atom. The van der Waals surface area contributed by atoms with Gasteiger partial charge in [-0.15, -0.1) is 11.3 Å². The zero-order chi connectivity index (χ0) is 11.5. The van der Waals surface area contributed by atoms with Crippen LogP contribution in [0.4, 0.5) is 5.13 Å². The standard InChI is InChI=1S/C10H16N4OS/c1-8-7-16-10(12-8)14-4-2-13(3-5-14)9(15)6-11/h7H,2-6,11H2,1H3. The summed E-state index contributed by atoms with van der Waals surface area (Å²) in [5.74, 6) is 0.0370. The molecular formula is C10H16N4OS. The zero-order valence-electron chi connectivity index (χ0n) is 9.35. The van der Waals surface area contributed by atoms with Gasteiger partial charge in [0, 0.05) is 31.6 Å². The number of nitrogens with zero attached hydrogens (tertiary/aromatic N) is 3. The zero-order valence-corrected chi connectivity index (χ0v) is 10.2. The van der Waals surface area contributed by atoms with Gasteiger partial charge in [-0.05, 0) is 6.92 Å². The number of nitrogens with two attached hydrogens (primary N) is 1. The van der Waals surface area contributed by atoms with Crippen molar-refractivity contribution in [2.75, 3.05) is 37.6 Å². The monoisotopic (exact) mass is 240 g/mol. The average Bonchev–Trinajstić information content (AvgIpc) is 2.75. The van der Waals surface area contributed by atoms with Crippen LogP contribution in [0, 0.1) is 6.92 Å². The molecule has 0 unspecified atom stereocenters. The van der Waals surface area contributed by atoms with Crippen molar-refractivity contribution in [3.63, 3.8) is 0 Å². The van der Waals surface area contributed by atoms with Crippen molar-refractivity contribution in [2.24, 2.45) is 5.73 Å². The molecule has 1 aliphatic heterocycles. The molecule has 1 aliphatic rings. The molecule has 0 atom stereocenters. The lowest BCUT2D eigenvalue weighted by atomic mass is 10.3. The molecule has 1 saturated heterocycles. The lowest BCUT2D eigenvalue weighted by molar-refractivity contribution is -0.129. The van der Waals surface area contributed by atoms with Crippen molar-refractivity contribution < 1.29 is 4.79 Å². The minimum Gasteiger partial charge on any atom is -0.345 e. The summed E-state index contributed by atoms with van der Waals surface area (Å²) in [7, 11) is 0. The molecule has 0 bridgehead atoms. The Balaban J connectivity index is 1.92. The molecule has 2 heterocycles. The van der Waals surface area contributed by atoms with Crippen LogP contribution >= 0.6 is 11.3 Å². The van der Waals surface area contributed by atoms with Crippen molar-refractivity contribution in [3.8, 4) is 0 Å². The van der Waals surface area contributed by atoms with Gasteiger partial charge in [0.25, 0.3) is 0 Å². The second-order valence-corrected chi connectivity index (χ2v) is 4.68. The van der Waals surface area contributed by atoms with Crippen LogP contribution in [-0.4, -0.2) is 48.5 Å². The molecule has 0 aliphatic carbocycles. The summed E-state index contributed by atoms with van der Waals surface area (Å²) < 4.78 is 0. The molecule has 5 nitrogen and oxygen atoms in total. The van der Waals surface area contributed by atoms with Gasteiger partial charge in [-0.1, -0.05) is 0 Å². The Morgan fingerprint density at radius 2 is 2.19 bits per heavy atom. The van der Waals surface area contributed by atoms with Crippen LogP contribution in [0.5, 0.6) is 0 Å². The van der Waals surface area contributed by atoms with Gasteiger partial charge in [0.05, 0.1) is 12.2 Å². The van der Waals surface area contributed by atoms with Crippen LogP contribution in [0.3, 0.4) is 0 Å². The fraction of sp³-hybridized carbons (Fsp3) is 0.600. The first kappa shape index (κ1) is 11.3. The molecule has 88 valence electrons. The maximum absolute atomic E-state index is 11.4. The van der Waals surface area contributed by atoms with Gasteiger partial charge in [-0.2, -0.15) is 0 Å². The normalized spacial score (nSPS) is 16.6. The first-order valence-corrected chi connectivity index (χ1v) is 6.23. The van der Waals surface area contributed by atoms with Crippen LogP contribution in [-0.2, 0) is 4.79 Å². The molecule has 0 aromatic carbocycles. The molecular weight excluding hydrogens is 224 g/mol. The van der Waals surface area contributed by atoms with Gasteiger partial charge in [0.1, 0.15) is 0 Å². The van der Waals surface area contributed by atoms with E-state index >= 15 is 0 Å². The van der Waals surface area contributed by atoms with E-state index in [1.165, 1.54) is 0 Å². The number of aryl methyl sites for hydroxylation is 1. The summed E-state index contributed by atoms with van der Waals surface area (Å²) in [6.45, 7) is 5.28. The largest absolute Gasteiger partial charge is 0.345 e. The molecule has 0 saturated carbocycles. The summed E-state index contributed by atoms with van der Waals surface area (Å²) in [4.78, 5) is 19.9. The van der Waals surface area contributed by atoms with Crippen molar-refractivity contribution in [2.45, 2.75) is 6.92 Å². The highest BCUT2D eigenvalue weighted by Crippen LogP contribution is 2.21. The highest BCUT2D eigenvalue weighted by atomic mass is 32.1. The van der Waals surface area contributed by atoms with Gasteiger partial charge in [0.2, 0.25) is 5.91 Å². The molecule has 1 aromatic rings. The summed E-state index contributed by atoms with van der Waals surface area (Å²) in [6, 6.07) is 0. The van der Waals surface area contributed by atoms with E-state index in [0.29, 0.717) is 0 Å².